The molecule has 0 aliphatic carbocycles. The van der Waals surface area contributed by atoms with Gasteiger partial charge in [0.15, 0.2) is 0 Å². The van der Waals surface area contributed by atoms with Gasteiger partial charge in [-0.05, 0) is 24.3 Å². The topological polar surface area (TPSA) is 92.0 Å². The molecule has 2 saturated heterocycles. The van der Waals surface area contributed by atoms with Crippen molar-refractivity contribution in [2.75, 3.05) is 52.5 Å². The summed E-state index contributed by atoms with van der Waals surface area (Å²) in [6.45, 7) is 5.25. The van der Waals surface area contributed by atoms with Crippen LogP contribution in [0.1, 0.15) is 5.89 Å². The number of hydrogen-bond donors (Lipinski definition) is 0. The zero-order chi connectivity index (χ0) is 21.6. The van der Waals surface area contributed by atoms with Crippen LogP contribution in [0.2, 0.25) is 5.02 Å². The quantitative estimate of drug-likeness (QED) is 0.643. The van der Waals surface area contributed by atoms with Crippen LogP contribution in [0.25, 0.3) is 11.4 Å². The van der Waals surface area contributed by atoms with Crippen molar-refractivity contribution >= 4 is 23.4 Å². The highest BCUT2D eigenvalue weighted by molar-refractivity contribution is 6.30. The SMILES string of the molecule is O=C(/C=C/C(=O)N1CCN(Cc2nc(-c3ccc(Cl)cc3)no2)CC1)N1CCOCC1. The highest BCUT2D eigenvalue weighted by Crippen LogP contribution is 2.19. The average Bonchev–Trinajstić information content (AvgIpc) is 3.27. The fraction of sp³-hybridized carbons (Fsp3) is 0.429. The number of aromatic nitrogens is 2. The van der Waals surface area contributed by atoms with Gasteiger partial charge in [0.2, 0.25) is 23.5 Å². The van der Waals surface area contributed by atoms with E-state index in [4.69, 9.17) is 20.9 Å². The molecule has 0 radical (unpaired) electrons. The van der Waals surface area contributed by atoms with Crippen molar-refractivity contribution in [1.82, 2.24) is 24.8 Å². The number of benzene rings is 1. The fourth-order valence-electron chi connectivity index (χ4n) is 3.49. The van der Waals surface area contributed by atoms with Crippen LogP contribution in [-0.4, -0.2) is 89.1 Å². The van der Waals surface area contributed by atoms with Gasteiger partial charge in [-0.15, -0.1) is 0 Å². The van der Waals surface area contributed by atoms with E-state index in [2.05, 4.69) is 15.0 Å². The molecule has 1 aromatic heterocycles. The van der Waals surface area contributed by atoms with Crippen LogP contribution >= 0.6 is 11.6 Å². The summed E-state index contributed by atoms with van der Waals surface area (Å²) in [4.78, 5) is 34.6. The summed E-state index contributed by atoms with van der Waals surface area (Å²) in [5.41, 5.74) is 0.841. The largest absolute Gasteiger partial charge is 0.378 e. The number of halogens is 1. The van der Waals surface area contributed by atoms with Crippen molar-refractivity contribution in [1.29, 1.82) is 0 Å². The molecule has 2 fully saturated rings. The number of carbonyl (C=O) groups is 2. The maximum absolute atomic E-state index is 12.4. The van der Waals surface area contributed by atoms with Gasteiger partial charge in [-0.25, -0.2) is 0 Å². The highest BCUT2D eigenvalue weighted by atomic mass is 35.5. The molecule has 4 rings (SSSR count). The highest BCUT2D eigenvalue weighted by Gasteiger charge is 2.22. The van der Waals surface area contributed by atoms with Gasteiger partial charge in [-0.1, -0.05) is 16.8 Å². The van der Waals surface area contributed by atoms with Crippen molar-refractivity contribution < 1.29 is 18.8 Å². The standard InChI is InChI=1S/C21H24ClN5O4/c22-17-3-1-16(2-4-17)21-23-18(31-24-21)15-25-7-9-26(10-8-25)19(28)5-6-20(29)27-11-13-30-14-12-27/h1-6H,7-15H2/b6-5+. The van der Waals surface area contributed by atoms with Crippen molar-refractivity contribution in [3.63, 3.8) is 0 Å². The Morgan fingerprint density at radius 1 is 0.935 bits per heavy atom. The molecule has 0 saturated carbocycles. The van der Waals surface area contributed by atoms with E-state index in [1.807, 2.05) is 12.1 Å². The van der Waals surface area contributed by atoms with Crippen LogP contribution in [0.3, 0.4) is 0 Å². The third-order valence-electron chi connectivity index (χ3n) is 5.30. The Kier molecular flexibility index (Phi) is 6.96. The van der Waals surface area contributed by atoms with Crippen LogP contribution in [0.5, 0.6) is 0 Å². The second-order valence-corrected chi connectivity index (χ2v) is 7.83. The van der Waals surface area contributed by atoms with Gasteiger partial charge < -0.3 is 19.1 Å². The molecule has 9 nitrogen and oxygen atoms in total. The number of piperazine rings is 1. The Hall–Kier alpha value is -2.75. The number of ether oxygens (including phenoxy) is 1. The van der Waals surface area contributed by atoms with Crippen molar-refractivity contribution in [2.24, 2.45) is 0 Å². The first-order chi connectivity index (χ1) is 15.1. The molecule has 164 valence electrons. The summed E-state index contributed by atoms with van der Waals surface area (Å²) in [5, 5.41) is 4.68. The monoisotopic (exact) mass is 445 g/mol. The second-order valence-electron chi connectivity index (χ2n) is 7.39. The minimum absolute atomic E-state index is 0.149. The molecule has 2 amide bonds. The van der Waals surface area contributed by atoms with Gasteiger partial charge in [0, 0.05) is 62.0 Å². The van der Waals surface area contributed by atoms with Crippen molar-refractivity contribution in [3.05, 3.63) is 47.3 Å². The Morgan fingerprint density at radius 3 is 2.19 bits per heavy atom. The molecule has 0 unspecified atom stereocenters. The second kappa shape index (κ2) is 10.0. The molecule has 3 heterocycles. The number of nitrogens with zero attached hydrogens (tertiary/aromatic N) is 5. The molecular formula is C21H24ClN5O4. The third kappa shape index (κ3) is 5.69. The Labute approximate surface area is 185 Å². The van der Waals surface area contributed by atoms with Crippen LogP contribution in [0, 0.1) is 0 Å². The summed E-state index contributed by atoms with van der Waals surface area (Å²) >= 11 is 5.91. The van der Waals surface area contributed by atoms with Gasteiger partial charge in [-0.3, -0.25) is 14.5 Å². The number of hydrogen-bond acceptors (Lipinski definition) is 7. The number of carbonyl (C=O) groups excluding carboxylic acids is 2. The summed E-state index contributed by atoms with van der Waals surface area (Å²) in [6.07, 6.45) is 2.72. The molecule has 1 aromatic carbocycles. The van der Waals surface area contributed by atoms with Crippen molar-refractivity contribution in [2.45, 2.75) is 6.54 Å². The van der Waals surface area contributed by atoms with Crippen LogP contribution in [0.15, 0.2) is 40.9 Å². The van der Waals surface area contributed by atoms with E-state index >= 15 is 0 Å². The lowest BCUT2D eigenvalue weighted by Gasteiger charge is -2.33. The maximum atomic E-state index is 12.4. The van der Waals surface area contributed by atoms with Crippen LogP contribution in [0.4, 0.5) is 0 Å². The fourth-order valence-corrected chi connectivity index (χ4v) is 3.62. The molecule has 0 spiro atoms. The average molecular weight is 446 g/mol. The lowest BCUT2D eigenvalue weighted by Crippen LogP contribution is -2.48. The van der Waals surface area contributed by atoms with E-state index in [1.54, 1.807) is 21.9 Å². The summed E-state index contributed by atoms with van der Waals surface area (Å²) in [7, 11) is 0. The maximum Gasteiger partial charge on any atom is 0.246 e. The van der Waals surface area contributed by atoms with E-state index in [-0.39, 0.29) is 11.8 Å². The van der Waals surface area contributed by atoms with Gasteiger partial charge in [0.1, 0.15) is 0 Å². The molecule has 31 heavy (non-hydrogen) atoms. The van der Waals surface area contributed by atoms with Gasteiger partial charge in [0.05, 0.1) is 19.8 Å². The van der Waals surface area contributed by atoms with Crippen molar-refractivity contribution in [3.8, 4) is 11.4 Å². The first-order valence-corrected chi connectivity index (χ1v) is 10.6. The number of rotatable bonds is 5. The van der Waals surface area contributed by atoms with Gasteiger partial charge in [-0.2, -0.15) is 4.98 Å². The molecule has 2 aliphatic heterocycles. The number of morpholine rings is 1. The summed E-state index contributed by atoms with van der Waals surface area (Å²) in [5.74, 6) is 0.753. The molecule has 10 heteroatoms. The first-order valence-electron chi connectivity index (χ1n) is 10.2. The smallest absolute Gasteiger partial charge is 0.246 e. The predicted octanol–water partition coefficient (Wildman–Crippen LogP) is 1.45. The van der Waals surface area contributed by atoms with Gasteiger partial charge >= 0.3 is 0 Å². The number of amides is 2. The third-order valence-corrected chi connectivity index (χ3v) is 5.56. The van der Waals surface area contributed by atoms with E-state index < -0.39 is 0 Å². The van der Waals surface area contributed by atoms with E-state index in [0.29, 0.717) is 75.8 Å². The molecule has 2 aromatic rings. The molecule has 0 atom stereocenters. The Bertz CT molecular complexity index is 932. The summed E-state index contributed by atoms with van der Waals surface area (Å²) < 4.78 is 10.6. The van der Waals surface area contributed by atoms with Crippen LogP contribution in [-0.2, 0) is 20.9 Å². The summed E-state index contributed by atoms with van der Waals surface area (Å²) in [6, 6.07) is 7.26. The lowest BCUT2D eigenvalue weighted by atomic mass is 10.2. The Balaban J connectivity index is 1.24. The minimum atomic E-state index is -0.150. The molecule has 0 N–H and O–H groups in total. The van der Waals surface area contributed by atoms with E-state index in [0.717, 1.165) is 5.56 Å². The van der Waals surface area contributed by atoms with Crippen LogP contribution < -0.4 is 0 Å². The van der Waals surface area contributed by atoms with E-state index in [1.165, 1.54) is 12.2 Å². The molecular weight excluding hydrogens is 422 g/mol. The van der Waals surface area contributed by atoms with Gasteiger partial charge in [0.25, 0.3) is 0 Å². The molecule has 2 aliphatic rings. The Morgan fingerprint density at radius 2 is 1.55 bits per heavy atom. The molecule has 0 bridgehead atoms. The zero-order valence-corrected chi connectivity index (χ0v) is 17.8. The normalized spacial score (nSPS) is 18.0. The predicted molar refractivity (Wildman–Crippen MR) is 113 cm³/mol. The minimum Gasteiger partial charge on any atom is -0.378 e. The lowest BCUT2D eigenvalue weighted by molar-refractivity contribution is -0.131. The van der Waals surface area contributed by atoms with E-state index in [9.17, 15) is 9.59 Å². The zero-order valence-electron chi connectivity index (χ0n) is 17.1. The first kappa shape index (κ1) is 21.5.